The number of nitrogens with zero attached hydrogens (tertiary/aromatic N) is 3. The molecule has 28 heavy (non-hydrogen) atoms. The van der Waals surface area contributed by atoms with E-state index in [2.05, 4.69) is 10.2 Å². The lowest BCUT2D eigenvalue weighted by atomic mass is 9.96. The Kier molecular flexibility index (Phi) is 5.41. The minimum Gasteiger partial charge on any atom is -0.494 e. The largest absolute Gasteiger partial charge is 0.494 e. The molecule has 3 heterocycles. The fraction of sp³-hybridized carbons (Fsp3) is 0.381. The van der Waals surface area contributed by atoms with Crippen LogP contribution in [-0.2, 0) is 11.2 Å². The van der Waals surface area contributed by atoms with E-state index in [4.69, 9.17) is 13.6 Å². The molecule has 4 rings (SSSR count). The van der Waals surface area contributed by atoms with E-state index in [1.54, 1.807) is 18.4 Å². The van der Waals surface area contributed by atoms with Gasteiger partial charge in [-0.3, -0.25) is 4.79 Å². The monoisotopic (exact) mass is 381 g/mol. The lowest BCUT2D eigenvalue weighted by molar-refractivity contribution is -0.131. The number of benzene rings is 1. The molecular weight excluding hydrogens is 358 g/mol. The number of furan rings is 1. The molecule has 7 nitrogen and oxygen atoms in total. The molecule has 1 aliphatic heterocycles. The Balaban J connectivity index is 1.30. The summed E-state index contributed by atoms with van der Waals surface area (Å²) in [6.45, 7) is 3.97. The molecule has 0 aliphatic carbocycles. The zero-order valence-corrected chi connectivity index (χ0v) is 15.8. The number of likely N-dealkylation sites (tertiary alicyclic amines) is 1. The minimum atomic E-state index is 0.143. The molecule has 1 amide bonds. The maximum absolute atomic E-state index is 12.6. The van der Waals surface area contributed by atoms with Gasteiger partial charge in [0.25, 0.3) is 5.89 Å². The highest BCUT2D eigenvalue weighted by atomic mass is 16.5. The van der Waals surface area contributed by atoms with E-state index in [1.165, 1.54) is 0 Å². The van der Waals surface area contributed by atoms with Crippen LogP contribution in [0.25, 0.3) is 11.7 Å². The number of amides is 1. The van der Waals surface area contributed by atoms with Gasteiger partial charge in [-0.25, -0.2) is 0 Å². The number of hydrogen-bond donors (Lipinski definition) is 0. The Hall–Kier alpha value is -3.09. The van der Waals surface area contributed by atoms with Crippen molar-refractivity contribution in [2.24, 2.45) is 0 Å². The van der Waals surface area contributed by atoms with Gasteiger partial charge in [0.05, 0.1) is 19.3 Å². The second kappa shape index (κ2) is 8.29. The number of aromatic nitrogens is 2. The minimum absolute atomic E-state index is 0.143. The van der Waals surface area contributed by atoms with Gasteiger partial charge in [0, 0.05) is 19.0 Å². The zero-order valence-electron chi connectivity index (χ0n) is 15.8. The first-order valence-corrected chi connectivity index (χ1v) is 9.59. The summed E-state index contributed by atoms with van der Waals surface area (Å²) in [5.74, 6) is 2.73. The molecule has 0 atom stereocenters. The second-order valence-corrected chi connectivity index (χ2v) is 6.83. The van der Waals surface area contributed by atoms with Crippen LogP contribution in [-0.4, -0.2) is 40.7 Å². The predicted octanol–water partition coefficient (Wildman–Crippen LogP) is 3.68. The Morgan fingerprint density at radius 2 is 1.96 bits per heavy atom. The lowest BCUT2D eigenvalue weighted by Crippen LogP contribution is -2.38. The molecule has 2 aromatic heterocycles. The Morgan fingerprint density at radius 1 is 1.18 bits per heavy atom. The van der Waals surface area contributed by atoms with Gasteiger partial charge in [0.15, 0.2) is 5.76 Å². The van der Waals surface area contributed by atoms with Crippen molar-refractivity contribution >= 4 is 5.91 Å². The number of rotatable bonds is 6. The van der Waals surface area contributed by atoms with Gasteiger partial charge in [-0.15, -0.1) is 10.2 Å². The Bertz CT molecular complexity index is 894. The maximum Gasteiger partial charge on any atom is 0.283 e. The molecule has 1 saturated heterocycles. The van der Waals surface area contributed by atoms with Crippen molar-refractivity contribution in [2.75, 3.05) is 19.7 Å². The summed E-state index contributed by atoms with van der Waals surface area (Å²) >= 11 is 0. The van der Waals surface area contributed by atoms with Crippen LogP contribution in [0.4, 0.5) is 0 Å². The summed E-state index contributed by atoms with van der Waals surface area (Å²) < 4.78 is 16.5. The van der Waals surface area contributed by atoms with Crippen molar-refractivity contribution < 1.29 is 18.4 Å². The molecule has 7 heteroatoms. The summed E-state index contributed by atoms with van der Waals surface area (Å²) in [5.41, 5.74) is 0.996. The zero-order chi connectivity index (χ0) is 19.3. The van der Waals surface area contributed by atoms with Crippen LogP contribution in [0, 0.1) is 0 Å². The molecule has 1 fully saturated rings. The average Bonchev–Trinajstić information content (AvgIpc) is 3.42. The van der Waals surface area contributed by atoms with Crippen LogP contribution in [0.15, 0.2) is 51.5 Å². The van der Waals surface area contributed by atoms with Crippen LogP contribution in [0.1, 0.15) is 37.1 Å². The number of hydrogen-bond acceptors (Lipinski definition) is 6. The topological polar surface area (TPSA) is 81.6 Å². The SMILES string of the molecule is CCOc1ccc(CC(=O)N2CCC(c3nnc(-c4ccco4)o3)CC2)cc1. The number of ether oxygens (including phenoxy) is 1. The van der Waals surface area contributed by atoms with Crippen LogP contribution in [0.5, 0.6) is 5.75 Å². The van der Waals surface area contributed by atoms with Crippen molar-refractivity contribution in [3.63, 3.8) is 0 Å². The van der Waals surface area contributed by atoms with Crippen molar-refractivity contribution in [1.29, 1.82) is 0 Å². The summed E-state index contributed by atoms with van der Waals surface area (Å²) in [4.78, 5) is 14.5. The van der Waals surface area contributed by atoms with E-state index < -0.39 is 0 Å². The van der Waals surface area contributed by atoms with Gasteiger partial charge >= 0.3 is 0 Å². The van der Waals surface area contributed by atoms with Crippen LogP contribution >= 0.6 is 0 Å². The molecule has 0 spiro atoms. The Morgan fingerprint density at radius 3 is 2.64 bits per heavy atom. The third-order valence-electron chi connectivity index (χ3n) is 4.96. The number of carbonyl (C=O) groups is 1. The fourth-order valence-corrected chi connectivity index (χ4v) is 3.43. The first-order chi connectivity index (χ1) is 13.7. The van der Waals surface area contributed by atoms with Crippen molar-refractivity contribution in [2.45, 2.75) is 32.1 Å². The average molecular weight is 381 g/mol. The van der Waals surface area contributed by atoms with Crippen LogP contribution in [0.2, 0.25) is 0 Å². The van der Waals surface area contributed by atoms with E-state index in [0.717, 1.165) is 24.2 Å². The van der Waals surface area contributed by atoms with Gasteiger partial charge in [0.2, 0.25) is 11.8 Å². The smallest absolute Gasteiger partial charge is 0.283 e. The first-order valence-electron chi connectivity index (χ1n) is 9.59. The summed E-state index contributed by atoms with van der Waals surface area (Å²) in [7, 11) is 0. The highest BCUT2D eigenvalue weighted by Crippen LogP contribution is 2.29. The van der Waals surface area contributed by atoms with Crippen LogP contribution in [0.3, 0.4) is 0 Å². The predicted molar refractivity (Wildman–Crippen MR) is 102 cm³/mol. The molecule has 0 radical (unpaired) electrons. The quantitative estimate of drug-likeness (QED) is 0.648. The number of carbonyl (C=O) groups excluding carboxylic acids is 1. The van der Waals surface area contributed by atoms with E-state index in [-0.39, 0.29) is 11.8 Å². The summed E-state index contributed by atoms with van der Waals surface area (Å²) in [6, 6.07) is 11.3. The Labute approximate surface area is 163 Å². The van der Waals surface area contributed by atoms with Gasteiger partial charge in [-0.2, -0.15) is 0 Å². The summed E-state index contributed by atoms with van der Waals surface area (Å²) in [6.07, 6.45) is 3.61. The van der Waals surface area contributed by atoms with E-state index in [1.807, 2.05) is 36.1 Å². The second-order valence-electron chi connectivity index (χ2n) is 6.83. The van der Waals surface area contributed by atoms with Gasteiger partial charge < -0.3 is 18.5 Å². The molecule has 146 valence electrons. The third-order valence-corrected chi connectivity index (χ3v) is 4.96. The molecule has 0 N–H and O–H groups in total. The highest BCUT2D eigenvalue weighted by molar-refractivity contribution is 5.78. The van der Waals surface area contributed by atoms with Gasteiger partial charge in [0.1, 0.15) is 5.75 Å². The lowest BCUT2D eigenvalue weighted by Gasteiger charge is -2.30. The van der Waals surface area contributed by atoms with Crippen molar-refractivity contribution in [1.82, 2.24) is 15.1 Å². The standard InChI is InChI=1S/C21H23N3O4/c1-2-26-17-7-5-15(6-8-17)14-19(25)24-11-9-16(10-12-24)20-22-23-21(28-20)18-4-3-13-27-18/h3-8,13,16H,2,9-12,14H2,1H3. The molecule has 0 unspecified atom stereocenters. The van der Waals surface area contributed by atoms with Gasteiger partial charge in [-0.1, -0.05) is 12.1 Å². The van der Waals surface area contributed by atoms with E-state index in [9.17, 15) is 4.79 Å². The third kappa shape index (κ3) is 4.08. The molecule has 1 aliphatic rings. The fourth-order valence-electron chi connectivity index (χ4n) is 3.43. The van der Waals surface area contributed by atoms with Crippen molar-refractivity contribution in [3.8, 4) is 17.4 Å². The highest BCUT2D eigenvalue weighted by Gasteiger charge is 2.27. The summed E-state index contributed by atoms with van der Waals surface area (Å²) in [5, 5.41) is 8.23. The van der Waals surface area contributed by atoms with E-state index in [0.29, 0.717) is 43.7 Å². The molecular formula is C21H23N3O4. The van der Waals surface area contributed by atoms with Crippen molar-refractivity contribution in [3.05, 3.63) is 54.1 Å². The number of piperidine rings is 1. The maximum atomic E-state index is 12.6. The molecule has 0 saturated carbocycles. The van der Waals surface area contributed by atoms with Crippen LogP contribution < -0.4 is 4.74 Å². The molecule has 1 aromatic carbocycles. The molecule has 0 bridgehead atoms. The molecule has 3 aromatic rings. The first kappa shape index (κ1) is 18.3. The van der Waals surface area contributed by atoms with E-state index >= 15 is 0 Å². The normalized spacial score (nSPS) is 15.0. The van der Waals surface area contributed by atoms with Gasteiger partial charge in [-0.05, 0) is 49.6 Å².